The smallest absolute Gasteiger partial charge is 0.387 e. The van der Waals surface area contributed by atoms with E-state index in [0.29, 0.717) is 11.3 Å². The average molecular weight is 375 g/mol. The molecule has 7 heteroatoms. The first-order valence-corrected chi connectivity index (χ1v) is 8.60. The summed E-state index contributed by atoms with van der Waals surface area (Å²) in [7, 11) is 1.50. The summed E-state index contributed by atoms with van der Waals surface area (Å²) in [4.78, 5) is 0. The van der Waals surface area contributed by atoms with Crippen molar-refractivity contribution >= 4 is 0 Å². The molecule has 2 heterocycles. The van der Waals surface area contributed by atoms with Crippen molar-refractivity contribution in [2.24, 2.45) is 0 Å². The van der Waals surface area contributed by atoms with E-state index < -0.39 is 6.61 Å². The molecule has 0 saturated heterocycles. The van der Waals surface area contributed by atoms with Crippen molar-refractivity contribution in [1.82, 2.24) is 4.57 Å². The van der Waals surface area contributed by atoms with E-state index in [0.717, 1.165) is 36.6 Å². The number of imidazole rings is 1. The SMILES string of the molecule is COc1ccc(-c2cn(-c3ccc(OC(F)F)cc3)c3[n+]2CCC3)c(F)c1. The third-order valence-corrected chi connectivity index (χ3v) is 4.71. The molecule has 2 aromatic carbocycles. The van der Waals surface area contributed by atoms with Gasteiger partial charge in [0.25, 0.3) is 5.82 Å². The van der Waals surface area contributed by atoms with Crippen LogP contribution in [-0.2, 0) is 13.0 Å². The Hall–Kier alpha value is -2.96. The van der Waals surface area contributed by atoms with E-state index in [1.807, 2.05) is 10.8 Å². The third-order valence-electron chi connectivity index (χ3n) is 4.71. The number of rotatable bonds is 5. The maximum absolute atomic E-state index is 14.6. The predicted octanol–water partition coefficient (Wildman–Crippen LogP) is 4.13. The molecule has 0 unspecified atom stereocenters. The molecule has 0 spiro atoms. The van der Waals surface area contributed by atoms with Gasteiger partial charge in [-0.05, 0) is 42.8 Å². The zero-order valence-corrected chi connectivity index (χ0v) is 14.7. The van der Waals surface area contributed by atoms with Crippen molar-refractivity contribution in [3.05, 3.63) is 60.3 Å². The minimum atomic E-state index is -2.85. The van der Waals surface area contributed by atoms with Crippen LogP contribution in [0, 0.1) is 5.82 Å². The lowest BCUT2D eigenvalue weighted by atomic mass is 10.1. The van der Waals surface area contributed by atoms with Gasteiger partial charge in [0.2, 0.25) is 0 Å². The molecule has 3 aromatic rings. The van der Waals surface area contributed by atoms with Crippen molar-refractivity contribution in [2.45, 2.75) is 26.0 Å². The Morgan fingerprint density at radius 1 is 1.07 bits per heavy atom. The molecule has 1 aromatic heterocycles. The number of aromatic nitrogens is 2. The third kappa shape index (κ3) is 3.25. The minimum Gasteiger partial charge on any atom is -0.497 e. The highest BCUT2D eigenvalue weighted by Gasteiger charge is 2.30. The Balaban J connectivity index is 1.75. The fourth-order valence-electron chi connectivity index (χ4n) is 3.49. The molecule has 1 aliphatic heterocycles. The Kier molecular flexibility index (Phi) is 4.51. The Labute approximate surface area is 154 Å². The molecule has 0 amide bonds. The molecular formula is C20H18F3N2O2+. The molecule has 27 heavy (non-hydrogen) atoms. The molecule has 0 atom stereocenters. The van der Waals surface area contributed by atoms with Gasteiger partial charge in [-0.15, -0.1) is 0 Å². The summed E-state index contributed by atoms with van der Waals surface area (Å²) in [5, 5.41) is 0. The Bertz CT molecular complexity index is 968. The van der Waals surface area contributed by atoms with Gasteiger partial charge in [-0.1, -0.05) is 0 Å². The summed E-state index contributed by atoms with van der Waals surface area (Å²) in [6, 6.07) is 11.2. The minimum absolute atomic E-state index is 0.103. The van der Waals surface area contributed by atoms with Gasteiger partial charge in [0.1, 0.15) is 29.2 Å². The molecule has 0 saturated carbocycles. The first-order valence-electron chi connectivity index (χ1n) is 8.60. The largest absolute Gasteiger partial charge is 0.497 e. The summed E-state index contributed by atoms with van der Waals surface area (Å²) < 4.78 is 52.8. The number of benzene rings is 2. The fraction of sp³-hybridized carbons (Fsp3) is 0.250. The molecule has 1 aliphatic rings. The van der Waals surface area contributed by atoms with Gasteiger partial charge in [-0.3, -0.25) is 0 Å². The first kappa shape index (κ1) is 17.5. The highest BCUT2D eigenvalue weighted by atomic mass is 19.3. The summed E-state index contributed by atoms with van der Waals surface area (Å²) in [6.07, 6.45) is 3.70. The summed E-state index contributed by atoms with van der Waals surface area (Å²) in [6.45, 7) is -2.05. The van der Waals surface area contributed by atoms with Crippen LogP contribution in [0.1, 0.15) is 12.2 Å². The van der Waals surface area contributed by atoms with Crippen LogP contribution in [0.5, 0.6) is 11.5 Å². The van der Waals surface area contributed by atoms with Crippen molar-refractivity contribution in [3.8, 4) is 28.4 Å². The van der Waals surface area contributed by atoms with Crippen molar-refractivity contribution in [2.75, 3.05) is 7.11 Å². The van der Waals surface area contributed by atoms with Crippen LogP contribution in [0.3, 0.4) is 0 Å². The van der Waals surface area contributed by atoms with E-state index in [4.69, 9.17) is 4.74 Å². The maximum Gasteiger partial charge on any atom is 0.387 e. The molecule has 0 aliphatic carbocycles. The number of hydrogen-bond donors (Lipinski definition) is 0. The summed E-state index contributed by atoms with van der Waals surface area (Å²) >= 11 is 0. The van der Waals surface area contributed by atoms with Crippen molar-refractivity contribution in [1.29, 1.82) is 0 Å². The van der Waals surface area contributed by atoms with Crippen molar-refractivity contribution in [3.63, 3.8) is 0 Å². The maximum atomic E-state index is 14.6. The lowest BCUT2D eigenvalue weighted by molar-refractivity contribution is -0.679. The summed E-state index contributed by atoms with van der Waals surface area (Å²) in [5.74, 6) is 1.26. The Morgan fingerprint density at radius 3 is 2.48 bits per heavy atom. The van der Waals surface area contributed by atoms with E-state index in [1.165, 1.54) is 25.3 Å². The number of nitrogens with zero attached hydrogens (tertiary/aromatic N) is 2. The van der Waals surface area contributed by atoms with E-state index >= 15 is 0 Å². The molecule has 0 bridgehead atoms. The zero-order valence-electron chi connectivity index (χ0n) is 14.7. The van der Waals surface area contributed by atoms with Gasteiger partial charge in [-0.2, -0.15) is 13.3 Å². The highest BCUT2D eigenvalue weighted by Crippen LogP contribution is 2.28. The number of alkyl halides is 2. The van der Waals surface area contributed by atoms with Crippen molar-refractivity contribution < 1.29 is 27.2 Å². The molecule has 4 nitrogen and oxygen atoms in total. The number of hydrogen-bond acceptors (Lipinski definition) is 2. The molecule has 140 valence electrons. The van der Waals surface area contributed by atoms with Crippen LogP contribution in [0.25, 0.3) is 16.9 Å². The predicted molar refractivity (Wildman–Crippen MR) is 92.9 cm³/mol. The van der Waals surface area contributed by atoms with Crippen LogP contribution in [0.2, 0.25) is 0 Å². The standard InChI is InChI=1S/C20H18F3N2O2/c1-26-15-8-9-16(17(21)11-15)18-12-25(19-3-2-10-24(18)19)13-4-6-14(7-5-13)27-20(22)23/h4-9,11-12,20H,2-3,10H2,1H3/q+1. The number of methoxy groups -OCH3 is 1. The number of fused-ring (bicyclic) bond motifs is 1. The van der Waals surface area contributed by atoms with E-state index in [-0.39, 0.29) is 11.6 Å². The lowest BCUT2D eigenvalue weighted by Gasteiger charge is -2.04. The zero-order chi connectivity index (χ0) is 19.0. The van der Waals surface area contributed by atoms with Crippen LogP contribution in [0.15, 0.2) is 48.7 Å². The first-order chi connectivity index (χ1) is 13.1. The van der Waals surface area contributed by atoms with Crippen LogP contribution in [-0.4, -0.2) is 18.3 Å². The quantitative estimate of drug-likeness (QED) is 0.627. The van der Waals surface area contributed by atoms with Crippen LogP contribution >= 0.6 is 0 Å². The second-order valence-corrected chi connectivity index (χ2v) is 6.27. The van der Waals surface area contributed by atoms with E-state index in [9.17, 15) is 13.2 Å². The monoisotopic (exact) mass is 375 g/mol. The fourth-order valence-corrected chi connectivity index (χ4v) is 3.49. The highest BCUT2D eigenvalue weighted by molar-refractivity contribution is 5.59. The molecule has 0 N–H and O–H groups in total. The normalized spacial score (nSPS) is 13.1. The molecule has 4 rings (SSSR count). The topological polar surface area (TPSA) is 27.3 Å². The summed E-state index contributed by atoms with van der Waals surface area (Å²) in [5.41, 5.74) is 2.08. The van der Waals surface area contributed by atoms with Gasteiger partial charge >= 0.3 is 6.61 Å². The molecule has 0 fully saturated rings. The van der Waals surface area contributed by atoms with Crippen LogP contribution in [0.4, 0.5) is 13.2 Å². The van der Waals surface area contributed by atoms with Gasteiger partial charge in [-0.25, -0.2) is 8.96 Å². The second kappa shape index (κ2) is 6.98. The van der Waals surface area contributed by atoms with Gasteiger partial charge in [0.15, 0.2) is 5.69 Å². The van der Waals surface area contributed by atoms with E-state index in [1.54, 1.807) is 24.3 Å². The Morgan fingerprint density at radius 2 is 1.81 bits per heavy atom. The van der Waals surface area contributed by atoms with E-state index in [2.05, 4.69) is 9.30 Å². The van der Waals surface area contributed by atoms with Gasteiger partial charge in [0.05, 0.1) is 25.6 Å². The number of halogens is 3. The van der Waals surface area contributed by atoms with Crippen LogP contribution < -0.4 is 14.0 Å². The van der Waals surface area contributed by atoms with Gasteiger partial charge < -0.3 is 9.47 Å². The second-order valence-electron chi connectivity index (χ2n) is 6.27. The number of ether oxygens (including phenoxy) is 2. The molecular weight excluding hydrogens is 357 g/mol. The average Bonchev–Trinajstić information content (AvgIpc) is 3.25. The molecule has 0 radical (unpaired) electrons. The lowest BCUT2D eigenvalue weighted by Crippen LogP contribution is -2.33. The van der Waals surface area contributed by atoms with Gasteiger partial charge in [0, 0.05) is 6.07 Å².